The molecule has 0 saturated carbocycles. The van der Waals surface area contributed by atoms with E-state index in [1.54, 1.807) is 11.7 Å². The van der Waals surface area contributed by atoms with Gasteiger partial charge in [0.1, 0.15) is 18.6 Å². The molecular formula is C29H29N5O5. The zero-order valence-corrected chi connectivity index (χ0v) is 21.3. The van der Waals surface area contributed by atoms with Crippen molar-refractivity contribution in [3.8, 4) is 5.75 Å². The molecule has 0 saturated heterocycles. The fourth-order valence-corrected chi connectivity index (χ4v) is 4.40. The first-order valence-electron chi connectivity index (χ1n) is 12.4. The lowest BCUT2D eigenvalue weighted by atomic mass is 9.96. The van der Waals surface area contributed by atoms with E-state index in [2.05, 4.69) is 9.97 Å². The Labute approximate surface area is 224 Å². The molecule has 0 radical (unpaired) electrons. The number of anilines is 2. The molecule has 0 spiro atoms. The smallest absolute Gasteiger partial charge is 0.280 e. The molecule has 2 aromatic heterocycles. The summed E-state index contributed by atoms with van der Waals surface area (Å²) in [5.41, 5.74) is 2.81. The average Bonchev–Trinajstić information content (AvgIpc) is 3.41. The Morgan fingerprint density at radius 1 is 0.923 bits per heavy atom. The molecule has 3 aromatic carbocycles. The van der Waals surface area contributed by atoms with Gasteiger partial charge in [0.25, 0.3) is 5.56 Å². The standard InChI is InChI=1S/C29H29N5O5/c1-38-23-14-12-22(13-15-23)34(26(20-8-4-2-5-9-20)21-10-6-3-7-11-21)29-31-27-25(28(37)32-29)30-18-33(27)19-39-24(16-35)17-36/h2-15,18,24,26,35-36H,16-17,19H2,1H3,(H,31,32,37). The van der Waals surface area contributed by atoms with Crippen molar-refractivity contribution in [1.29, 1.82) is 0 Å². The predicted molar refractivity (Wildman–Crippen MR) is 147 cm³/mol. The molecule has 0 aliphatic rings. The van der Waals surface area contributed by atoms with Gasteiger partial charge >= 0.3 is 0 Å². The van der Waals surface area contributed by atoms with Gasteiger partial charge in [-0.25, -0.2) is 4.98 Å². The van der Waals surface area contributed by atoms with E-state index in [9.17, 15) is 15.0 Å². The van der Waals surface area contributed by atoms with Crippen LogP contribution >= 0.6 is 0 Å². The molecule has 5 rings (SSSR count). The van der Waals surface area contributed by atoms with E-state index in [0.29, 0.717) is 17.3 Å². The first-order chi connectivity index (χ1) is 19.1. The number of aromatic nitrogens is 4. The van der Waals surface area contributed by atoms with Crippen molar-refractivity contribution in [3.05, 3.63) is 113 Å². The van der Waals surface area contributed by atoms with Gasteiger partial charge in [-0.2, -0.15) is 4.98 Å². The Kier molecular flexibility index (Phi) is 7.97. The van der Waals surface area contributed by atoms with Crippen LogP contribution in [0.2, 0.25) is 0 Å². The third-order valence-electron chi connectivity index (χ3n) is 6.39. The summed E-state index contributed by atoms with van der Waals surface area (Å²) < 4.78 is 12.5. The van der Waals surface area contributed by atoms with Gasteiger partial charge in [0.15, 0.2) is 11.2 Å². The quantitative estimate of drug-likeness (QED) is 0.239. The number of nitrogens with zero attached hydrogens (tertiary/aromatic N) is 4. The number of methoxy groups -OCH3 is 1. The lowest BCUT2D eigenvalue weighted by Crippen LogP contribution is -2.29. The molecule has 10 heteroatoms. The number of H-pyrrole nitrogens is 1. The van der Waals surface area contributed by atoms with Crippen LogP contribution in [-0.4, -0.2) is 56.2 Å². The van der Waals surface area contributed by atoms with Crippen LogP contribution in [0.5, 0.6) is 5.75 Å². The molecule has 200 valence electrons. The molecule has 0 fully saturated rings. The number of benzene rings is 3. The van der Waals surface area contributed by atoms with Crippen molar-refractivity contribution in [2.24, 2.45) is 0 Å². The summed E-state index contributed by atoms with van der Waals surface area (Å²) in [4.78, 5) is 27.2. The predicted octanol–water partition coefficient (Wildman–Crippen LogP) is 3.38. The van der Waals surface area contributed by atoms with E-state index in [-0.39, 0.29) is 31.5 Å². The largest absolute Gasteiger partial charge is 0.497 e. The minimum atomic E-state index is -0.764. The number of nitrogens with one attached hydrogen (secondary N) is 1. The molecular weight excluding hydrogens is 498 g/mol. The van der Waals surface area contributed by atoms with Crippen molar-refractivity contribution in [1.82, 2.24) is 19.5 Å². The average molecular weight is 528 g/mol. The highest BCUT2D eigenvalue weighted by atomic mass is 16.5. The molecule has 10 nitrogen and oxygen atoms in total. The van der Waals surface area contributed by atoms with E-state index in [1.165, 1.54) is 6.33 Å². The molecule has 0 aliphatic heterocycles. The maximum atomic E-state index is 13.3. The molecule has 5 aromatic rings. The number of aliphatic hydroxyl groups is 2. The van der Waals surface area contributed by atoms with Crippen LogP contribution in [0.1, 0.15) is 17.2 Å². The van der Waals surface area contributed by atoms with E-state index >= 15 is 0 Å². The van der Waals surface area contributed by atoms with Gasteiger partial charge in [-0.1, -0.05) is 60.7 Å². The number of hydrogen-bond donors (Lipinski definition) is 3. The van der Waals surface area contributed by atoms with Gasteiger partial charge in [0, 0.05) is 5.69 Å². The summed E-state index contributed by atoms with van der Waals surface area (Å²) in [7, 11) is 1.61. The number of fused-ring (bicyclic) bond motifs is 1. The van der Waals surface area contributed by atoms with E-state index in [0.717, 1.165) is 16.8 Å². The van der Waals surface area contributed by atoms with Crippen molar-refractivity contribution in [2.75, 3.05) is 25.2 Å². The van der Waals surface area contributed by atoms with Crippen LogP contribution < -0.4 is 15.2 Å². The number of aromatic amines is 1. The molecule has 0 bridgehead atoms. The zero-order valence-electron chi connectivity index (χ0n) is 21.3. The molecule has 0 atom stereocenters. The summed E-state index contributed by atoms with van der Waals surface area (Å²) in [6.45, 7) is -0.742. The van der Waals surface area contributed by atoms with E-state index < -0.39 is 11.7 Å². The number of imidazole rings is 1. The van der Waals surface area contributed by atoms with Crippen LogP contribution in [0.25, 0.3) is 11.2 Å². The lowest BCUT2D eigenvalue weighted by molar-refractivity contribution is -0.0488. The van der Waals surface area contributed by atoms with Gasteiger partial charge in [-0.05, 0) is 35.4 Å². The Morgan fingerprint density at radius 2 is 1.54 bits per heavy atom. The highest BCUT2D eigenvalue weighted by Gasteiger charge is 2.27. The minimum Gasteiger partial charge on any atom is -0.497 e. The highest BCUT2D eigenvalue weighted by molar-refractivity contribution is 5.73. The Balaban J connectivity index is 1.69. The van der Waals surface area contributed by atoms with Crippen LogP contribution in [0.15, 0.2) is 96.1 Å². The molecule has 0 amide bonds. The van der Waals surface area contributed by atoms with Crippen molar-refractivity contribution >= 4 is 22.8 Å². The van der Waals surface area contributed by atoms with Gasteiger partial charge < -0.3 is 24.6 Å². The van der Waals surface area contributed by atoms with E-state index in [1.807, 2.05) is 89.8 Å². The normalized spacial score (nSPS) is 11.4. The number of rotatable bonds is 11. The van der Waals surface area contributed by atoms with Crippen molar-refractivity contribution in [3.63, 3.8) is 0 Å². The fraction of sp³-hybridized carbons (Fsp3) is 0.207. The monoisotopic (exact) mass is 527 g/mol. The van der Waals surface area contributed by atoms with Crippen molar-refractivity contribution < 1.29 is 19.7 Å². The number of aliphatic hydroxyl groups excluding tert-OH is 2. The van der Waals surface area contributed by atoms with Gasteiger partial charge in [-0.15, -0.1) is 0 Å². The summed E-state index contributed by atoms with van der Waals surface area (Å²) in [5.74, 6) is 1.00. The third-order valence-corrected chi connectivity index (χ3v) is 6.39. The summed E-state index contributed by atoms with van der Waals surface area (Å²) in [5, 5.41) is 18.7. The second kappa shape index (κ2) is 11.9. The van der Waals surface area contributed by atoms with Gasteiger partial charge in [-0.3, -0.25) is 14.3 Å². The first-order valence-corrected chi connectivity index (χ1v) is 12.4. The first kappa shape index (κ1) is 26.1. The summed E-state index contributed by atoms with van der Waals surface area (Å²) >= 11 is 0. The Morgan fingerprint density at radius 3 is 2.10 bits per heavy atom. The number of ether oxygens (including phenoxy) is 2. The lowest BCUT2D eigenvalue weighted by Gasteiger charge is -2.33. The van der Waals surface area contributed by atoms with Crippen LogP contribution in [0, 0.1) is 0 Å². The molecule has 0 unspecified atom stereocenters. The van der Waals surface area contributed by atoms with Crippen LogP contribution in [-0.2, 0) is 11.5 Å². The highest BCUT2D eigenvalue weighted by Crippen LogP contribution is 2.38. The Hall–Kier alpha value is -4.51. The summed E-state index contributed by atoms with van der Waals surface area (Å²) in [6, 6.07) is 27.1. The minimum absolute atomic E-state index is 0.0541. The topological polar surface area (TPSA) is 126 Å². The zero-order chi connectivity index (χ0) is 27.2. The maximum absolute atomic E-state index is 13.3. The molecule has 39 heavy (non-hydrogen) atoms. The maximum Gasteiger partial charge on any atom is 0.280 e. The molecule has 2 heterocycles. The van der Waals surface area contributed by atoms with Crippen LogP contribution in [0.4, 0.5) is 11.6 Å². The number of hydrogen-bond acceptors (Lipinski definition) is 8. The van der Waals surface area contributed by atoms with Gasteiger partial charge in [0.2, 0.25) is 5.95 Å². The second-order valence-electron chi connectivity index (χ2n) is 8.85. The van der Waals surface area contributed by atoms with E-state index in [4.69, 9.17) is 14.5 Å². The molecule has 3 N–H and O–H groups in total. The van der Waals surface area contributed by atoms with Crippen molar-refractivity contribution in [2.45, 2.75) is 18.9 Å². The Bertz CT molecular complexity index is 1510. The third kappa shape index (κ3) is 5.53. The molecule has 0 aliphatic carbocycles. The second-order valence-corrected chi connectivity index (χ2v) is 8.85. The van der Waals surface area contributed by atoms with Crippen LogP contribution in [0.3, 0.4) is 0 Å². The summed E-state index contributed by atoms with van der Waals surface area (Å²) in [6.07, 6.45) is 0.687. The van der Waals surface area contributed by atoms with Gasteiger partial charge in [0.05, 0.1) is 32.7 Å². The fourth-order valence-electron chi connectivity index (χ4n) is 4.40. The SMILES string of the molecule is COc1ccc(N(c2nc3c(ncn3COC(CO)CO)c(=O)[nH]2)C(c2ccccc2)c2ccccc2)cc1.